The molecule has 4 atom stereocenters. The Balaban J connectivity index is 1.35. The van der Waals surface area contributed by atoms with E-state index in [-0.39, 0.29) is 12.4 Å². The molecule has 0 bridgehead atoms. The van der Waals surface area contributed by atoms with Gasteiger partial charge in [-0.25, -0.2) is 4.39 Å². The Bertz CT molecular complexity index is 969. The van der Waals surface area contributed by atoms with Crippen LogP contribution in [0.25, 0.3) is 0 Å². The fourth-order valence-corrected chi connectivity index (χ4v) is 5.36. The third-order valence-corrected chi connectivity index (χ3v) is 6.99. The first kappa shape index (κ1) is 22.6. The Labute approximate surface area is 191 Å². The fourth-order valence-electron chi connectivity index (χ4n) is 5.36. The van der Waals surface area contributed by atoms with Crippen LogP contribution < -0.4 is 4.74 Å². The zero-order valence-electron chi connectivity index (χ0n) is 19.0. The van der Waals surface area contributed by atoms with Gasteiger partial charge in [0.15, 0.2) is 11.6 Å². The van der Waals surface area contributed by atoms with Crippen molar-refractivity contribution in [3.63, 3.8) is 0 Å². The van der Waals surface area contributed by atoms with Gasteiger partial charge in [0.05, 0.1) is 6.10 Å². The third kappa shape index (κ3) is 5.61. The molecule has 0 amide bonds. The largest absolute Gasteiger partial charge is 0.486 e. The van der Waals surface area contributed by atoms with Gasteiger partial charge in [-0.15, -0.1) is 0 Å². The molecule has 2 aliphatic rings. The first-order valence-electron chi connectivity index (χ1n) is 11.9. The lowest BCUT2D eigenvalue weighted by Gasteiger charge is -2.42. The predicted molar refractivity (Wildman–Crippen MR) is 127 cm³/mol. The maximum Gasteiger partial charge on any atom is 0.166 e. The summed E-state index contributed by atoms with van der Waals surface area (Å²) in [4.78, 5) is 0. The molecule has 2 aliphatic carbocycles. The molecule has 0 spiro atoms. The van der Waals surface area contributed by atoms with Gasteiger partial charge in [0.1, 0.15) is 6.61 Å². The highest BCUT2D eigenvalue weighted by Crippen LogP contribution is 2.46. The average molecular weight is 433 g/mol. The Hall–Kier alpha value is -2.57. The van der Waals surface area contributed by atoms with Crippen LogP contribution >= 0.6 is 0 Å². The van der Waals surface area contributed by atoms with Crippen LogP contribution in [0.4, 0.5) is 4.39 Å². The van der Waals surface area contributed by atoms with Crippen molar-refractivity contribution in [1.29, 1.82) is 0 Å². The van der Waals surface area contributed by atoms with Crippen LogP contribution in [-0.2, 0) is 4.74 Å². The molecular formula is C29H33FO2. The number of hydrogen-bond acceptors (Lipinski definition) is 2. The molecule has 168 valence electrons. The van der Waals surface area contributed by atoms with Crippen LogP contribution in [0.5, 0.6) is 5.75 Å². The summed E-state index contributed by atoms with van der Waals surface area (Å²) in [6.07, 6.45) is 9.75. The molecule has 0 radical (unpaired) electrons. The van der Waals surface area contributed by atoms with Crippen molar-refractivity contribution in [2.45, 2.75) is 57.5 Å². The average Bonchev–Trinajstić information content (AvgIpc) is 2.82. The molecule has 4 rings (SSSR count). The highest BCUT2D eigenvalue weighted by Gasteiger charge is 2.36. The van der Waals surface area contributed by atoms with Crippen molar-refractivity contribution in [2.24, 2.45) is 11.8 Å². The molecule has 0 N–H and O–H groups in total. The molecule has 2 nitrogen and oxygen atoms in total. The van der Waals surface area contributed by atoms with E-state index in [0.29, 0.717) is 17.6 Å². The molecule has 2 fully saturated rings. The summed E-state index contributed by atoms with van der Waals surface area (Å²) in [5.41, 5.74) is 3.02. The number of halogens is 1. The molecule has 2 aromatic carbocycles. The van der Waals surface area contributed by atoms with E-state index in [9.17, 15) is 4.39 Å². The molecule has 3 heteroatoms. The fraction of sp³-hybridized carbons (Fsp3) is 0.448. The molecule has 0 aromatic heterocycles. The van der Waals surface area contributed by atoms with Crippen molar-refractivity contribution in [3.8, 4) is 17.6 Å². The monoisotopic (exact) mass is 432 g/mol. The van der Waals surface area contributed by atoms with E-state index in [1.165, 1.54) is 50.2 Å². The summed E-state index contributed by atoms with van der Waals surface area (Å²) < 4.78 is 25.3. The number of benzene rings is 2. The van der Waals surface area contributed by atoms with E-state index in [2.05, 4.69) is 49.6 Å². The van der Waals surface area contributed by atoms with Gasteiger partial charge < -0.3 is 9.47 Å². The lowest BCUT2D eigenvalue weighted by atomic mass is 9.65. The molecule has 2 aromatic rings. The van der Waals surface area contributed by atoms with Crippen molar-refractivity contribution in [1.82, 2.24) is 0 Å². The van der Waals surface area contributed by atoms with Crippen molar-refractivity contribution in [2.75, 3.05) is 13.2 Å². The smallest absolute Gasteiger partial charge is 0.166 e. The minimum absolute atomic E-state index is 0.223. The first-order chi connectivity index (χ1) is 15.7. The highest BCUT2D eigenvalue weighted by atomic mass is 19.1. The Morgan fingerprint density at radius 2 is 1.69 bits per heavy atom. The van der Waals surface area contributed by atoms with Gasteiger partial charge in [-0.2, -0.15) is 0 Å². The second-order valence-corrected chi connectivity index (χ2v) is 9.04. The zero-order chi connectivity index (χ0) is 22.3. The number of ether oxygens (including phenoxy) is 2. The van der Waals surface area contributed by atoms with Gasteiger partial charge in [-0.1, -0.05) is 36.6 Å². The van der Waals surface area contributed by atoms with Gasteiger partial charge in [0.2, 0.25) is 0 Å². The van der Waals surface area contributed by atoms with Gasteiger partial charge in [-0.05, 0) is 99.1 Å². The molecule has 0 saturated heterocycles. The summed E-state index contributed by atoms with van der Waals surface area (Å²) in [5, 5.41) is 0. The minimum Gasteiger partial charge on any atom is -0.486 e. The Morgan fingerprint density at radius 3 is 2.44 bits per heavy atom. The van der Waals surface area contributed by atoms with E-state index >= 15 is 0 Å². The quantitative estimate of drug-likeness (QED) is 0.366. The zero-order valence-corrected chi connectivity index (χ0v) is 19.0. The van der Waals surface area contributed by atoms with Gasteiger partial charge >= 0.3 is 0 Å². The van der Waals surface area contributed by atoms with Crippen LogP contribution in [0.1, 0.15) is 68.1 Å². The highest BCUT2D eigenvalue weighted by molar-refractivity contribution is 5.45. The van der Waals surface area contributed by atoms with Crippen molar-refractivity contribution >= 4 is 0 Å². The molecule has 0 heterocycles. The summed E-state index contributed by atoms with van der Waals surface area (Å²) in [6, 6.07) is 13.5. The second kappa shape index (κ2) is 10.8. The van der Waals surface area contributed by atoms with Gasteiger partial charge in [0, 0.05) is 17.7 Å². The van der Waals surface area contributed by atoms with Crippen LogP contribution in [0.15, 0.2) is 55.1 Å². The van der Waals surface area contributed by atoms with Crippen LogP contribution in [-0.4, -0.2) is 19.3 Å². The molecular weight excluding hydrogens is 399 g/mol. The normalized spacial score (nSPS) is 24.7. The maximum atomic E-state index is 14.1. The van der Waals surface area contributed by atoms with E-state index in [0.717, 1.165) is 24.0 Å². The van der Waals surface area contributed by atoms with Crippen LogP contribution in [0, 0.1) is 29.5 Å². The molecule has 0 aliphatic heterocycles. The SMILES string of the molecule is C=CCOc1ccc(C#Cc2ccc(C3CCC4CC(OCC)CCC4C3)cc2)cc1F. The lowest BCUT2D eigenvalue weighted by molar-refractivity contribution is -0.00955. The van der Waals surface area contributed by atoms with E-state index in [1.54, 1.807) is 18.2 Å². The van der Waals surface area contributed by atoms with Gasteiger partial charge in [0.25, 0.3) is 0 Å². The lowest BCUT2D eigenvalue weighted by Crippen LogP contribution is -2.33. The Kier molecular flexibility index (Phi) is 7.66. The predicted octanol–water partition coefficient (Wildman–Crippen LogP) is 6.88. The second-order valence-electron chi connectivity index (χ2n) is 9.04. The number of rotatable bonds is 6. The van der Waals surface area contributed by atoms with E-state index in [1.807, 2.05) is 0 Å². The van der Waals surface area contributed by atoms with E-state index in [4.69, 9.17) is 9.47 Å². The molecule has 32 heavy (non-hydrogen) atoms. The third-order valence-electron chi connectivity index (χ3n) is 6.99. The molecule has 4 unspecified atom stereocenters. The van der Waals surface area contributed by atoms with Crippen molar-refractivity contribution < 1.29 is 13.9 Å². The molecule has 2 saturated carbocycles. The number of fused-ring (bicyclic) bond motifs is 1. The topological polar surface area (TPSA) is 18.5 Å². The summed E-state index contributed by atoms with van der Waals surface area (Å²) >= 11 is 0. The maximum absolute atomic E-state index is 14.1. The summed E-state index contributed by atoms with van der Waals surface area (Å²) in [6.45, 7) is 6.80. The standard InChI is InChI=1S/C29H33FO2/c1-3-17-32-29-16-9-22(18-28(29)30)6-5-21-7-10-23(11-8-21)24-12-13-26-20-27(31-4-2)15-14-25(26)19-24/h3,7-11,16,18,24-27H,1,4,12-15,17,19-20H2,2H3. The van der Waals surface area contributed by atoms with Crippen LogP contribution in [0.3, 0.4) is 0 Å². The summed E-state index contributed by atoms with van der Waals surface area (Å²) in [5.74, 6) is 8.37. The summed E-state index contributed by atoms with van der Waals surface area (Å²) in [7, 11) is 0. The van der Waals surface area contributed by atoms with Crippen LogP contribution in [0.2, 0.25) is 0 Å². The van der Waals surface area contributed by atoms with Crippen molar-refractivity contribution in [3.05, 3.63) is 77.6 Å². The first-order valence-corrected chi connectivity index (χ1v) is 11.9. The van der Waals surface area contributed by atoms with E-state index < -0.39 is 5.82 Å². The Morgan fingerprint density at radius 1 is 0.969 bits per heavy atom. The van der Waals surface area contributed by atoms with Gasteiger partial charge in [-0.3, -0.25) is 0 Å². The minimum atomic E-state index is -0.403. The number of hydrogen-bond donors (Lipinski definition) is 0.